The van der Waals surface area contributed by atoms with Crippen LogP contribution in [0.4, 0.5) is 13.2 Å². The lowest BCUT2D eigenvalue weighted by Gasteiger charge is -2.48. The van der Waals surface area contributed by atoms with Gasteiger partial charge in [-0.3, -0.25) is 0 Å². The molecule has 2 aromatic carbocycles. The van der Waals surface area contributed by atoms with E-state index in [1.807, 2.05) is 0 Å². The van der Waals surface area contributed by atoms with E-state index in [0.29, 0.717) is 11.8 Å². The highest BCUT2D eigenvalue weighted by atomic mass is 19.2. The molecule has 0 aromatic heterocycles. The van der Waals surface area contributed by atoms with Crippen LogP contribution in [-0.4, -0.2) is 18.7 Å². The van der Waals surface area contributed by atoms with Crippen LogP contribution in [0.3, 0.4) is 0 Å². The van der Waals surface area contributed by atoms with Crippen molar-refractivity contribution in [1.82, 2.24) is 0 Å². The van der Waals surface area contributed by atoms with Crippen LogP contribution in [0.2, 0.25) is 0 Å². The molecule has 4 fully saturated rings. The fraction of sp³-hybridized carbons (Fsp3) is 0.720. The minimum Gasteiger partial charge on any atom is -0.459 e. The van der Waals surface area contributed by atoms with Crippen LogP contribution in [0.25, 0.3) is 0 Å². The number of esters is 1. The molecule has 2 atom stereocenters. The van der Waals surface area contributed by atoms with Gasteiger partial charge in [0.05, 0.1) is 5.56 Å². The largest absolute Gasteiger partial charge is 0.459 e. The Bertz CT molecular complexity index is 1550. The van der Waals surface area contributed by atoms with Gasteiger partial charge in [-0.25, -0.2) is 18.0 Å². The summed E-state index contributed by atoms with van der Waals surface area (Å²) in [5.41, 5.74) is -1.77. The summed E-state index contributed by atoms with van der Waals surface area (Å²) >= 11 is 0. The second-order valence-corrected chi connectivity index (χ2v) is 18.7. The SMILES string of the molecule is CCCCCC1CCC(C2(C(F)Oc3cccc(OC(F)C4(C5CCC(CCCCC)CC5)CCCCC4)c3C(=O)Oc3ccc(C#N)c(F)c3)CCCCC2)CC1. The number of nitrogens with zero attached hydrogens (tertiary/aromatic N) is 1. The molecule has 2 unspecified atom stereocenters. The predicted octanol–water partition coefficient (Wildman–Crippen LogP) is 14.9. The number of nitriles is 1. The number of ether oxygens (including phenoxy) is 3. The fourth-order valence-electron chi connectivity index (χ4n) is 11.7. The summed E-state index contributed by atoms with van der Waals surface area (Å²) in [5, 5.41) is 9.27. The molecule has 0 heterocycles. The van der Waals surface area contributed by atoms with Crippen molar-refractivity contribution in [2.24, 2.45) is 34.5 Å². The van der Waals surface area contributed by atoms with Crippen LogP contribution < -0.4 is 14.2 Å². The number of hydrogen-bond acceptors (Lipinski definition) is 5. The molecule has 0 radical (unpaired) electrons. The van der Waals surface area contributed by atoms with Crippen molar-refractivity contribution in [2.45, 2.75) is 194 Å². The van der Waals surface area contributed by atoms with Gasteiger partial charge >= 0.3 is 5.97 Å². The van der Waals surface area contributed by atoms with Crippen molar-refractivity contribution in [3.8, 4) is 23.3 Å². The Balaban J connectivity index is 1.27. The van der Waals surface area contributed by atoms with Crippen molar-refractivity contribution in [3.63, 3.8) is 0 Å². The number of benzene rings is 2. The maximum atomic E-state index is 17.3. The molecule has 58 heavy (non-hydrogen) atoms. The average molecular weight is 806 g/mol. The molecule has 0 spiro atoms. The normalized spacial score (nSPS) is 25.5. The van der Waals surface area contributed by atoms with Gasteiger partial charge in [-0.05, 0) is 99.3 Å². The van der Waals surface area contributed by atoms with Crippen molar-refractivity contribution in [3.05, 3.63) is 53.3 Å². The third-order valence-electron chi connectivity index (χ3n) is 15.1. The van der Waals surface area contributed by atoms with Gasteiger partial charge in [0.2, 0.25) is 12.7 Å². The minimum absolute atomic E-state index is 0.0557. The first-order chi connectivity index (χ1) is 28.2. The van der Waals surface area contributed by atoms with Crippen LogP contribution in [-0.2, 0) is 0 Å². The Kier molecular flexibility index (Phi) is 16.3. The Labute approximate surface area is 347 Å². The average Bonchev–Trinajstić information content (AvgIpc) is 3.25. The fourth-order valence-corrected chi connectivity index (χ4v) is 11.7. The second kappa shape index (κ2) is 21.4. The van der Waals surface area contributed by atoms with E-state index in [2.05, 4.69) is 13.8 Å². The van der Waals surface area contributed by atoms with Crippen LogP contribution in [0, 0.1) is 51.6 Å². The molecule has 6 rings (SSSR count). The van der Waals surface area contributed by atoms with Crippen molar-refractivity contribution < 1.29 is 32.2 Å². The zero-order chi connectivity index (χ0) is 41.0. The van der Waals surface area contributed by atoms with E-state index >= 15 is 8.78 Å². The van der Waals surface area contributed by atoms with Crippen LogP contribution in [0.15, 0.2) is 36.4 Å². The molecule has 320 valence electrons. The molecule has 5 nitrogen and oxygen atoms in total. The van der Waals surface area contributed by atoms with E-state index in [0.717, 1.165) is 122 Å². The standard InChI is InChI=1S/C50H70F3NO4/c1-3-5-9-16-36-20-25-39(26-21-36)49(30-11-7-12-31-49)47(52)57-43-18-15-19-44(45(43)46(55)56-41-29-24-38(35-54)42(51)34-41)58-48(53)50(32-13-8-14-33-50)40-27-22-37(23-28-40)17-10-6-4-2/h15,18-19,24,29,34,36-37,39-40,47-48H,3-14,16-17,20-23,25-28,30-33H2,1-2H3. The summed E-state index contributed by atoms with van der Waals surface area (Å²) in [7, 11) is 0. The summed E-state index contributed by atoms with van der Waals surface area (Å²) in [6, 6.07) is 10.0. The summed E-state index contributed by atoms with van der Waals surface area (Å²) in [4.78, 5) is 14.3. The molecule has 0 bridgehead atoms. The Hall–Kier alpha value is -3.21. The Morgan fingerprint density at radius 2 is 1.17 bits per heavy atom. The molecular weight excluding hydrogens is 736 g/mol. The van der Waals surface area contributed by atoms with Crippen LogP contribution in [0.1, 0.15) is 197 Å². The lowest BCUT2D eigenvalue weighted by molar-refractivity contribution is -0.120. The number of alkyl halides is 2. The summed E-state index contributed by atoms with van der Waals surface area (Å²) in [5.74, 6) is -0.313. The molecule has 4 aliphatic rings. The molecule has 8 heteroatoms. The molecule has 4 saturated carbocycles. The van der Waals surface area contributed by atoms with Gasteiger partial charge in [-0.15, -0.1) is 0 Å². The zero-order valence-electron chi connectivity index (χ0n) is 35.5. The monoisotopic (exact) mass is 806 g/mol. The van der Waals surface area contributed by atoms with E-state index in [9.17, 15) is 14.4 Å². The smallest absolute Gasteiger partial charge is 0.351 e. The van der Waals surface area contributed by atoms with Gasteiger partial charge < -0.3 is 14.2 Å². The molecule has 0 aliphatic heterocycles. The van der Waals surface area contributed by atoms with Gasteiger partial charge in [-0.2, -0.15) is 5.26 Å². The highest BCUT2D eigenvalue weighted by molar-refractivity contribution is 5.97. The number of halogens is 3. The third-order valence-corrected chi connectivity index (χ3v) is 15.1. The van der Waals surface area contributed by atoms with E-state index in [1.54, 1.807) is 24.3 Å². The number of unbranched alkanes of at least 4 members (excludes halogenated alkanes) is 4. The third kappa shape index (κ3) is 10.6. The summed E-state index contributed by atoms with van der Waals surface area (Å²) in [6.45, 7) is 4.46. The van der Waals surface area contributed by atoms with E-state index in [4.69, 9.17) is 14.2 Å². The zero-order valence-corrected chi connectivity index (χ0v) is 35.5. The first-order valence-electron chi connectivity index (χ1n) is 23.4. The lowest BCUT2D eigenvalue weighted by Crippen LogP contribution is -2.46. The molecule has 0 amide bonds. The van der Waals surface area contributed by atoms with Gasteiger partial charge in [-0.1, -0.05) is 135 Å². The number of rotatable bonds is 18. The predicted molar refractivity (Wildman–Crippen MR) is 224 cm³/mol. The Morgan fingerprint density at radius 1 is 0.707 bits per heavy atom. The second-order valence-electron chi connectivity index (χ2n) is 18.7. The number of carbonyl (C=O) groups is 1. The molecule has 0 N–H and O–H groups in total. The lowest BCUT2D eigenvalue weighted by atomic mass is 9.60. The van der Waals surface area contributed by atoms with Crippen LogP contribution in [0.5, 0.6) is 17.2 Å². The van der Waals surface area contributed by atoms with E-state index < -0.39 is 35.3 Å². The van der Waals surface area contributed by atoms with E-state index in [-0.39, 0.29) is 40.2 Å². The number of hydrogen-bond donors (Lipinski definition) is 0. The first kappa shape index (κ1) is 44.3. The quantitative estimate of drug-likeness (QED) is 0.0853. The minimum atomic E-state index is -1.69. The topological polar surface area (TPSA) is 68.6 Å². The Morgan fingerprint density at radius 3 is 1.59 bits per heavy atom. The maximum absolute atomic E-state index is 17.3. The maximum Gasteiger partial charge on any atom is 0.351 e. The molecule has 0 saturated heterocycles. The highest BCUT2D eigenvalue weighted by Gasteiger charge is 2.51. The van der Waals surface area contributed by atoms with Crippen molar-refractivity contribution in [2.75, 3.05) is 0 Å². The van der Waals surface area contributed by atoms with E-state index in [1.165, 1.54) is 63.5 Å². The highest BCUT2D eigenvalue weighted by Crippen LogP contribution is 2.55. The van der Waals surface area contributed by atoms with Crippen LogP contribution >= 0.6 is 0 Å². The summed E-state index contributed by atoms with van der Waals surface area (Å²) < 4.78 is 67.7. The van der Waals surface area contributed by atoms with Gasteiger partial charge in [0.25, 0.3) is 0 Å². The van der Waals surface area contributed by atoms with Gasteiger partial charge in [0, 0.05) is 16.9 Å². The van der Waals surface area contributed by atoms with Gasteiger partial charge in [0.15, 0.2) is 0 Å². The molecule has 2 aromatic rings. The van der Waals surface area contributed by atoms with Crippen molar-refractivity contribution in [1.29, 1.82) is 5.26 Å². The summed E-state index contributed by atoms with van der Waals surface area (Å²) in [6.07, 6.45) is 23.5. The molecule has 4 aliphatic carbocycles. The molecular formula is C50H70F3NO4. The number of carbonyl (C=O) groups excluding carboxylic acids is 1. The first-order valence-corrected chi connectivity index (χ1v) is 23.4. The van der Waals surface area contributed by atoms with Crippen molar-refractivity contribution >= 4 is 5.97 Å². The van der Waals surface area contributed by atoms with Gasteiger partial charge in [0.1, 0.15) is 34.7 Å².